The Labute approximate surface area is 305 Å². The lowest BCUT2D eigenvalue weighted by atomic mass is 10.2. The van der Waals surface area contributed by atoms with Gasteiger partial charge in [-0.3, -0.25) is 9.98 Å². The number of unbranched alkanes of at least 4 members (excludes halogenated alkanes) is 5. The van der Waals surface area contributed by atoms with Crippen LogP contribution >= 0.6 is 0 Å². The van der Waals surface area contributed by atoms with Crippen LogP contribution in [0.3, 0.4) is 0 Å². The molecule has 0 aliphatic carbocycles. The van der Waals surface area contributed by atoms with Gasteiger partial charge in [0.2, 0.25) is 0 Å². The molecule has 0 fully saturated rings. The molecule has 10 heteroatoms. The molecule has 2 N–H and O–H groups in total. The van der Waals surface area contributed by atoms with E-state index in [1.165, 1.54) is 12.1 Å². The van der Waals surface area contributed by atoms with Gasteiger partial charge in [0.15, 0.2) is 0 Å². The van der Waals surface area contributed by atoms with Crippen LogP contribution in [0.25, 0.3) is 0 Å². The minimum absolute atomic E-state index is 0.0252. The number of phenols is 2. The predicted molar refractivity (Wildman–Crippen MR) is 203 cm³/mol. The van der Waals surface area contributed by atoms with E-state index >= 15 is 0 Å². The third kappa shape index (κ3) is 13.2. The van der Waals surface area contributed by atoms with Gasteiger partial charge in [0.05, 0.1) is 24.3 Å². The maximum Gasteiger partial charge on any atom is 0.343 e. The average Bonchev–Trinajstić information content (AvgIpc) is 3.14. The van der Waals surface area contributed by atoms with Gasteiger partial charge in [-0.2, -0.15) is 0 Å². The number of carbonyl (C=O) groups is 2. The van der Waals surface area contributed by atoms with Crippen molar-refractivity contribution < 1.29 is 38.7 Å². The molecule has 0 saturated carbocycles. The Hall–Kier alpha value is -5.64. The number of hydrogen-bond acceptors (Lipinski definition) is 10. The maximum absolute atomic E-state index is 12.5. The number of phenolic OH excluding ortho intramolecular Hbond substituents is 2. The third-order valence-electron chi connectivity index (χ3n) is 7.92. The molecule has 0 aliphatic heterocycles. The highest BCUT2D eigenvalue weighted by molar-refractivity contribution is 5.92. The van der Waals surface area contributed by atoms with Crippen LogP contribution in [-0.4, -0.2) is 60.9 Å². The van der Waals surface area contributed by atoms with E-state index in [4.69, 9.17) is 18.9 Å². The summed E-state index contributed by atoms with van der Waals surface area (Å²) in [6.45, 7) is 6.68. The monoisotopic (exact) mass is 708 g/mol. The van der Waals surface area contributed by atoms with Crippen LogP contribution in [0, 0.1) is 0 Å². The van der Waals surface area contributed by atoms with Crippen LogP contribution in [-0.2, 0) is 0 Å². The van der Waals surface area contributed by atoms with E-state index in [0.29, 0.717) is 60.1 Å². The minimum atomic E-state index is -0.523. The Bertz CT molecular complexity index is 1640. The first-order valence-corrected chi connectivity index (χ1v) is 17.9. The molecule has 0 heterocycles. The van der Waals surface area contributed by atoms with E-state index in [1.807, 2.05) is 0 Å². The molecule has 0 atom stereocenters. The Balaban J connectivity index is 1.10. The van der Waals surface area contributed by atoms with Crippen molar-refractivity contribution in [1.29, 1.82) is 0 Å². The number of aromatic hydroxyl groups is 2. The van der Waals surface area contributed by atoms with Gasteiger partial charge in [0.1, 0.15) is 34.5 Å². The molecular weight excluding hydrogens is 660 g/mol. The van der Waals surface area contributed by atoms with Crippen molar-refractivity contribution in [2.24, 2.45) is 9.98 Å². The van der Waals surface area contributed by atoms with Gasteiger partial charge in [-0.15, -0.1) is 0 Å². The fourth-order valence-electron chi connectivity index (χ4n) is 4.85. The van der Waals surface area contributed by atoms with Gasteiger partial charge in [-0.1, -0.05) is 39.5 Å². The summed E-state index contributed by atoms with van der Waals surface area (Å²) in [7, 11) is 0. The van der Waals surface area contributed by atoms with E-state index in [2.05, 4.69) is 23.8 Å². The van der Waals surface area contributed by atoms with E-state index in [-0.39, 0.29) is 23.0 Å². The summed E-state index contributed by atoms with van der Waals surface area (Å²) in [5, 5.41) is 20.8. The van der Waals surface area contributed by atoms with Crippen LogP contribution in [0.2, 0.25) is 0 Å². The lowest BCUT2D eigenvalue weighted by Crippen LogP contribution is -2.08. The molecule has 0 aliphatic rings. The minimum Gasteiger partial charge on any atom is -0.507 e. The largest absolute Gasteiger partial charge is 0.507 e. The molecule has 52 heavy (non-hydrogen) atoms. The van der Waals surface area contributed by atoms with E-state index in [0.717, 1.165) is 51.4 Å². The summed E-state index contributed by atoms with van der Waals surface area (Å²) < 4.78 is 22.1. The van der Waals surface area contributed by atoms with Crippen molar-refractivity contribution in [1.82, 2.24) is 0 Å². The summed E-state index contributed by atoms with van der Waals surface area (Å²) >= 11 is 0. The number of hydrogen-bond donors (Lipinski definition) is 2. The van der Waals surface area contributed by atoms with Gasteiger partial charge in [-0.05, 0) is 98.5 Å². The molecule has 0 unspecified atom stereocenters. The van der Waals surface area contributed by atoms with Crippen molar-refractivity contribution in [3.05, 3.63) is 107 Å². The maximum atomic E-state index is 12.5. The van der Waals surface area contributed by atoms with Crippen LogP contribution in [0.15, 0.2) is 94.9 Å². The van der Waals surface area contributed by atoms with Crippen molar-refractivity contribution in [2.75, 3.05) is 26.3 Å². The van der Waals surface area contributed by atoms with Crippen molar-refractivity contribution in [3.63, 3.8) is 0 Å². The first-order valence-electron chi connectivity index (χ1n) is 17.9. The molecular formula is C42H48N2O8. The smallest absolute Gasteiger partial charge is 0.343 e. The molecule has 0 bridgehead atoms. The summed E-state index contributed by atoms with van der Waals surface area (Å²) in [5.41, 5.74) is 1.85. The zero-order valence-corrected chi connectivity index (χ0v) is 30.0. The predicted octanol–water partition coefficient (Wildman–Crippen LogP) is 8.99. The first kappa shape index (κ1) is 39.2. The zero-order valence-electron chi connectivity index (χ0n) is 30.0. The third-order valence-corrected chi connectivity index (χ3v) is 7.92. The van der Waals surface area contributed by atoms with Crippen molar-refractivity contribution in [2.45, 2.75) is 65.2 Å². The van der Waals surface area contributed by atoms with Crippen LogP contribution in [0.1, 0.15) is 97.1 Å². The lowest BCUT2D eigenvalue weighted by Gasteiger charge is -2.08. The highest BCUT2D eigenvalue weighted by atomic mass is 16.5. The Morgan fingerprint density at radius 3 is 1.29 bits per heavy atom. The number of benzene rings is 4. The van der Waals surface area contributed by atoms with E-state index < -0.39 is 11.9 Å². The second kappa shape index (κ2) is 21.5. The second-order valence-corrected chi connectivity index (χ2v) is 12.2. The van der Waals surface area contributed by atoms with Crippen LogP contribution in [0.4, 0.5) is 0 Å². The van der Waals surface area contributed by atoms with E-state index in [1.54, 1.807) is 85.2 Å². The highest BCUT2D eigenvalue weighted by Gasteiger charge is 2.12. The van der Waals surface area contributed by atoms with Gasteiger partial charge in [-0.25, -0.2) is 9.59 Å². The van der Waals surface area contributed by atoms with Crippen LogP contribution < -0.4 is 18.9 Å². The zero-order chi connectivity index (χ0) is 37.0. The van der Waals surface area contributed by atoms with E-state index in [9.17, 15) is 19.8 Å². The Morgan fingerprint density at radius 1 is 0.538 bits per heavy atom. The molecule has 10 nitrogen and oxygen atoms in total. The molecule has 274 valence electrons. The topological polar surface area (TPSA) is 136 Å². The number of carbonyl (C=O) groups excluding carboxylic acids is 2. The molecule has 0 spiro atoms. The number of nitrogens with zero attached hydrogens (tertiary/aromatic N) is 2. The normalized spacial score (nSPS) is 11.2. The molecule has 0 radical (unpaired) electrons. The van der Waals surface area contributed by atoms with Gasteiger partial charge in [0.25, 0.3) is 0 Å². The SMILES string of the molecule is CCCCOc1ccc(C(=O)Oc2ccc(C=NCCCCCCN=Cc3ccc(OC(=O)c4ccc(OCCCC)cc4)cc3O)c(O)c2)cc1. The molecule has 0 amide bonds. The Morgan fingerprint density at radius 2 is 0.923 bits per heavy atom. The number of ether oxygens (including phenoxy) is 4. The number of rotatable bonds is 21. The second-order valence-electron chi connectivity index (χ2n) is 12.2. The fraction of sp³-hybridized carbons (Fsp3) is 0.333. The first-order chi connectivity index (χ1) is 25.4. The summed E-state index contributed by atoms with van der Waals surface area (Å²) in [5.74, 6) is 0.788. The van der Waals surface area contributed by atoms with Gasteiger partial charge >= 0.3 is 11.9 Å². The molecule has 4 aromatic carbocycles. The summed E-state index contributed by atoms with van der Waals surface area (Å²) in [4.78, 5) is 33.9. The number of aliphatic imine (C=N–C) groups is 2. The summed E-state index contributed by atoms with van der Waals surface area (Å²) in [6.07, 6.45) is 11.0. The molecule has 0 saturated heterocycles. The van der Waals surface area contributed by atoms with Gasteiger partial charge < -0.3 is 29.2 Å². The standard InChI is InChI=1S/C42H48N2O8/c1-3-5-25-49-35-17-11-31(12-18-35)41(47)51-37-21-15-33(39(45)27-37)29-43-23-9-7-8-10-24-44-30-34-16-22-38(28-40(34)46)52-42(48)32-13-19-36(20-14-32)50-26-6-4-2/h11-22,27-30,45-46H,3-10,23-26H2,1-2H3. The molecule has 4 aromatic rings. The molecule has 0 aromatic heterocycles. The van der Waals surface area contributed by atoms with Crippen molar-refractivity contribution in [3.8, 4) is 34.5 Å². The fourth-order valence-corrected chi connectivity index (χ4v) is 4.85. The highest BCUT2D eigenvalue weighted by Crippen LogP contribution is 2.25. The summed E-state index contributed by atoms with van der Waals surface area (Å²) in [6, 6.07) is 22.9. The quantitative estimate of drug-likeness (QED) is 0.0379. The van der Waals surface area contributed by atoms with Crippen molar-refractivity contribution >= 4 is 24.4 Å². The average molecular weight is 709 g/mol. The number of esters is 2. The Kier molecular flexibility index (Phi) is 16.2. The van der Waals surface area contributed by atoms with Crippen LogP contribution in [0.5, 0.6) is 34.5 Å². The van der Waals surface area contributed by atoms with Gasteiger partial charge in [0, 0.05) is 48.8 Å². The molecule has 4 rings (SSSR count). The lowest BCUT2D eigenvalue weighted by molar-refractivity contribution is 0.0724.